The fourth-order valence-electron chi connectivity index (χ4n) is 2.08. The van der Waals surface area contributed by atoms with Crippen LogP contribution in [0.3, 0.4) is 0 Å². The number of aromatic amines is 1. The average molecular weight is 279 g/mol. The first-order valence-corrected chi connectivity index (χ1v) is 6.63. The lowest BCUT2D eigenvalue weighted by molar-refractivity contribution is -0.120. The van der Waals surface area contributed by atoms with Crippen molar-refractivity contribution in [1.29, 1.82) is 0 Å². The normalized spacial score (nSPS) is 10.2. The standard InChI is InChI=1S/C14H21N3O3/c1-5-6-15-11(19)7-16-14(20)13-8(2)12(10(4)18)9(3)17-13/h17H,5-7H2,1-4H3,(H,15,19)(H,16,20). The number of aryl methyl sites for hydroxylation is 1. The molecule has 0 fully saturated rings. The minimum absolute atomic E-state index is 0.0776. The summed E-state index contributed by atoms with van der Waals surface area (Å²) < 4.78 is 0. The molecule has 1 heterocycles. The molecule has 0 atom stereocenters. The van der Waals surface area contributed by atoms with Gasteiger partial charge < -0.3 is 15.6 Å². The first-order valence-electron chi connectivity index (χ1n) is 6.63. The molecule has 6 nitrogen and oxygen atoms in total. The smallest absolute Gasteiger partial charge is 0.268 e. The van der Waals surface area contributed by atoms with Crippen LogP contribution in [0.15, 0.2) is 0 Å². The quantitative estimate of drug-likeness (QED) is 0.681. The molecule has 0 radical (unpaired) electrons. The van der Waals surface area contributed by atoms with Crippen LogP contribution in [0.1, 0.15) is 52.4 Å². The van der Waals surface area contributed by atoms with Crippen LogP contribution >= 0.6 is 0 Å². The van der Waals surface area contributed by atoms with E-state index in [1.54, 1.807) is 13.8 Å². The Balaban J connectivity index is 2.72. The van der Waals surface area contributed by atoms with Crippen molar-refractivity contribution in [3.8, 4) is 0 Å². The Morgan fingerprint density at radius 3 is 2.30 bits per heavy atom. The van der Waals surface area contributed by atoms with Crippen LogP contribution in [-0.2, 0) is 4.79 Å². The maximum Gasteiger partial charge on any atom is 0.268 e. The van der Waals surface area contributed by atoms with Gasteiger partial charge in [-0.3, -0.25) is 14.4 Å². The molecule has 0 unspecified atom stereocenters. The number of hydrogen-bond donors (Lipinski definition) is 3. The number of H-pyrrole nitrogens is 1. The number of ketones is 1. The first kappa shape index (κ1) is 15.9. The summed E-state index contributed by atoms with van der Waals surface area (Å²) in [5.74, 6) is -0.700. The summed E-state index contributed by atoms with van der Waals surface area (Å²) in [5, 5.41) is 5.21. The van der Waals surface area contributed by atoms with Crippen molar-refractivity contribution in [2.24, 2.45) is 0 Å². The molecule has 0 aliphatic carbocycles. The highest BCUT2D eigenvalue weighted by atomic mass is 16.2. The highest BCUT2D eigenvalue weighted by molar-refractivity contribution is 6.03. The van der Waals surface area contributed by atoms with Crippen molar-refractivity contribution in [3.05, 3.63) is 22.5 Å². The van der Waals surface area contributed by atoms with Gasteiger partial charge in [0.05, 0.1) is 6.54 Å². The third-order valence-corrected chi connectivity index (χ3v) is 3.00. The van der Waals surface area contributed by atoms with E-state index in [-0.39, 0.29) is 24.1 Å². The zero-order valence-corrected chi connectivity index (χ0v) is 12.3. The lowest BCUT2D eigenvalue weighted by Crippen LogP contribution is -2.37. The van der Waals surface area contributed by atoms with Gasteiger partial charge in [-0.1, -0.05) is 6.92 Å². The van der Waals surface area contributed by atoms with Crippen molar-refractivity contribution in [2.75, 3.05) is 13.1 Å². The summed E-state index contributed by atoms with van der Waals surface area (Å²) in [6.07, 6.45) is 0.844. The summed E-state index contributed by atoms with van der Waals surface area (Å²) in [7, 11) is 0. The van der Waals surface area contributed by atoms with Crippen molar-refractivity contribution in [1.82, 2.24) is 15.6 Å². The molecule has 1 aromatic rings. The molecule has 0 aliphatic heterocycles. The van der Waals surface area contributed by atoms with E-state index in [1.165, 1.54) is 6.92 Å². The second-order valence-corrected chi connectivity index (χ2v) is 4.71. The van der Waals surface area contributed by atoms with E-state index in [0.717, 1.165) is 6.42 Å². The molecule has 0 saturated heterocycles. The van der Waals surface area contributed by atoms with E-state index in [4.69, 9.17) is 0 Å². The second kappa shape index (κ2) is 6.88. The number of nitrogens with one attached hydrogen (secondary N) is 3. The zero-order chi connectivity index (χ0) is 15.3. The minimum atomic E-state index is -0.384. The van der Waals surface area contributed by atoms with E-state index < -0.39 is 0 Å². The molecule has 0 spiro atoms. The predicted octanol–water partition coefficient (Wildman–Crippen LogP) is 1.09. The SMILES string of the molecule is CCCNC(=O)CNC(=O)c1[nH]c(C)c(C(C)=O)c1C. The van der Waals surface area contributed by atoms with E-state index in [9.17, 15) is 14.4 Å². The molecule has 20 heavy (non-hydrogen) atoms. The van der Waals surface area contributed by atoms with Crippen LogP contribution in [0.25, 0.3) is 0 Å². The Bertz CT molecular complexity index is 532. The van der Waals surface area contributed by atoms with Crippen LogP contribution in [-0.4, -0.2) is 35.7 Å². The van der Waals surface area contributed by atoms with Gasteiger partial charge in [0.25, 0.3) is 5.91 Å². The maximum absolute atomic E-state index is 12.0. The van der Waals surface area contributed by atoms with Gasteiger partial charge in [0.1, 0.15) is 5.69 Å². The van der Waals surface area contributed by atoms with Crippen LogP contribution in [0.4, 0.5) is 0 Å². The minimum Gasteiger partial charge on any atom is -0.355 e. The molecule has 0 aromatic carbocycles. The van der Waals surface area contributed by atoms with Gasteiger partial charge in [0.2, 0.25) is 5.91 Å². The number of amides is 2. The van der Waals surface area contributed by atoms with E-state index >= 15 is 0 Å². The van der Waals surface area contributed by atoms with Gasteiger partial charge in [-0.25, -0.2) is 0 Å². The number of carbonyl (C=O) groups excluding carboxylic acids is 3. The lowest BCUT2D eigenvalue weighted by Gasteiger charge is -2.05. The van der Waals surface area contributed by atoms with Crippen LogP contribution < -0.4 is 10.6 Å². The summed E-state index contributed by atoms with van der Waals surface area (Å²) in [6.45, 7) is 7.38. The van der Waals surface area contributed by atoms with Crippen molar-refractivity contribution in [2.45, 2.75) is 34.1 Å². The van der Waals surface area contributed by atoms with Gasteiger partial charge in [-0.05, 0) is 32.8 Å². The molecule has 1 rings (SSSR count). The molecule has 1 aromatic heterocycles. The van der Waals surface area contributed by atoms with Crippen LogP contribution in [0, 0.1) is 13.8 Å². The number of aromatic nitrogens is 1. The lowest BCUT2D eigenvalue weighted by atomic mass is 10.1. The van der Waals surface area contributed by atoms with Crippen molar-refractivity contribution in [3.63, 3.8) is 0 Å². The maximum atomic E-state index is 12.0. The third-order valence-electron chi connectivity index (χ3n) is 3.00. The van der Waals surface area contributed by atoms with Crippen molar-refractivity contribution >= 4 is 17.6 Å². The fraction of sp³-hybridized carbons (Fsp3) is 0.500. The van der Waals surface area contributed by atoms with E-state index in [1.807, 2.05) is 6.92 Å². The molecule has 0 bridgehead atoms. The molecule has 0 aliphatic rings. The largest absolute Gasteiger partial charge is 0.355 e. The van der Waals surface area contributed by atoms with Crippen molar-refractivity contribution < 1.29 is 14.4 Å². The second-order valence-electron chi connectivity index (χ2n) is 4.71. The highest BCUT2D eigenvalue weighted by Crippen LogP contribution is 2.18. The number of hydrogen-bond acceptors (Lipinski definition) is 3. The summed E-state index contributed by atoms with van der Waals surface area (Å²) in [6, 6.07) is 0. The van der Waals surface area contributed by atoms with Gasteiger partial charge in [-0.15, -0.1) is 0 Å². The number of rotatable bonds is 6. The van der Waals surface area contributed by atoms with Gasteiger partial charge in [0, 0.05) is 17.8 Å². The van der Waals surface area contributed by atoms with Crippen LogP contribution in [0.2, 0.25) is 0 Å². The summed E-state index contributed by atoms with van der Waals surface area (Å²) >= 11 is 0. The van der Waals surface area contributed by atoms with Crippen LogP contribution in [0.5, 0.6) is 0 Å². The Labute approximate surface area is 118 Å². The Morgan fingerprint density at radius 2 is 1.80 bits per heavy atom. The third kappa shape index (κ3) is 3.69. The average Bonchev–Trinajstić information content (AvgIpc) is 2.68. The van der Waals surface area contributed by atoms with Gasteiger partial charge >= 0.3 is 0 Å². The van der Waals surface area contributed by atoms with Gasteiger partial charge in [0.15, 0.2) is 5.78 Å². The Kier molecular flexibility index (Phi) is 5.49. The molecule has 6 heteroatoms. The molecular weight excluding hydrogens is 258 g/mol. The summed E-state index contributed by atoms with van der Waals surface area (Å²) in [4.78, 5) is 37.8. The topological polar surface area (TPSA) is 91.1 Å². The molecule has 110 valence electrons. The molecule has 2 amide bonds. The fourth-order valence-corrected chi connectivity index (χ4v) is 2.08. The molecule has 0 saturated carbocycles. The monoisotopic (exact) mass is 279 g/mol. The molecular formula is C14H21N3O3. The molecule has 3 N–H and O–H groups in total. The van der Waals surface area contributed by atoms with E-state index in [0.29, 0.717) is 29.1 Å². The Morgan fingerprint density at radius 1 is 1.15 bits per heavy atom. The van der Waals surface area contributed by atoms with Gasteiger partial charge in [-0.2, -0.15) is 0 Å². The predicted molar refractivity (Wildman–Crippen MR) is 75.9 cm³/mol. The summed E-state index contributed by atoms with van der Waals surface area (Å²) in [5.41, 5.74) is 2.14. The number of carbonyl (C=O) groups is 3. The Hall–Kier alpha value is -2.11. The highest BCUT2D eigenvalue weighted by Gasteiger charge is 2.19. The van der Waals surface area contributed by atoms with E-state index in [2.05, 4.69) is 15.6 Å². The number of Topliss-reactive ketones (excluding diaryl/α,β-unsaturated/α-hetero) is 1. The first-order chi connectivity index (χ1) is 9.38. The zero-order valence-electron chi connectivity index (χ0n) is 12.3.